The average Bonchev–Trinajstić information content (AvgIpc) is 2.54. The number of nitrogens with zero attached hydrogens (tertiary/aromatic N) is 3. The first-order chi connectivity index (χ1) is 12.8. The van der Waals surface area contributed by atoms with Crippen molar-refractivity contribution in [3.05, 3.63) is 0 Å². The monoisotopic (exact) mass is 410 g/mol. The Morgan fingerprint density at radius 1 is 0.704 bits per heavy atom. The van der Waals surface area contributed by atoms with E-state index in [9.17, 15) is 14.4 Å². The second-order valence-electron chi connectivity index (χ2n) is 5.84. The number of carbonyl (C=O) groups is 3. The Hall–Kier alpha value is -1.69. The molecular formula is C14H27N4O8P. The lowest BCUT2D eigenvalue weighted by Crippen LogP contribution is -2.47. The highest BCUT2D eigenvalue weighted by Crippen LogP contribution is 1.97. The summed E-state index contributed by atoms with van der Waals surface area (Å²) in [6.45, 7) is 3.64. The van der Waals surface area contributed by atoms with Crippen LogP contribution in [0.4, 0.5) is 0 Å². The molecule has 0 atom stereocenters. The molecule has 0 saturated carbocycles. The van der Waals surface area contributed by atoms with Crippen LogP contribution < -0.4 is 5.32 Å². The molecule has 0 spiro atoms. The van der Waals surface area contributed by atoms with Crippen molar-refractivity contribution in [3.63, 3.8) is 0 Å². The minimum Gasteiger partial charge on any atom is -0.480 e. The Kier molecular flexibility index (Phi) is 14.4. The van der Waals surface area contributed by atoms with Gasteiger partial charge in [0.05, 0.1) is 19.6 Å². The van der Waals surface area contributed by atoms with E-state index in [4.69, 9.17) is 24.8 Å². The first-order valence-electron chi connectivity index (χ1n) is 8.28. The van der Waals surface area contributed by atoms with Gasteiger partial charge < -0.3 is 25.5 Å². The molecule has 0 radical (unpaired) electrons. The van der Waals surface area contributed by atoms with E-state index in [2.05, 4.69) is 5.32 Å². The van der Waals surface area contributed by atoms with E-state index in [1.54, 1.807) is 14.7 Å². The quantitative estimate of drug-likeness (QED) is 0.304. The molecule has 12 nitrogen and oxygen atoms in total. The van der Waals surface area contributed by atoms with E-state index in [0.29, 0.717) is 52.4 Å². The summed E-state index contributed by atoms with van der Waals surface area (Å²) in [6, 6.07) is 0. The van der Waals surface area contributed by atoms with Gasteiger partial charge in [0.1, 0.15) is 0 Å². The van der Waals surface area contributed by atoms with Crippen LogP contribution in [-0.4, -0.2) is 125 Å². The van der Waals surface area contributed by atoms with Crippen molar-refractivity contribution in [2.75, 3.05) is 72.0 Å². The van der Waals surface area contributed by atoms with Crippen LogP contribution in [0.1, 0.15) is 0 Å². The first kappa shape index (κ1) is 25.3. The Morgan fingerprint density at radius 3 is 1.22 bits per heavy atom. The predicted molar refractivity (Wildman–Crippen MR) is 94.9 cm³/mol. The normalized spacial score (nSPS) is 18.6. The largest absolute Gasteiger partial charge is 0.480 e. The fourth-order valence-corrected chi connectivity index (χ4v) is 2.55. The molecule has 1 saturated heterocycles. The summed E-state index contributed by atoms with van der Waals surface area (Å²) in [5.41, 5.74) is 0. The topological polar surface area (TPSA) is 171 Å². The van der Waals surface area contributed by atoms with Crippen LogP contribution >= 0.6 is 8.69 Å². The summed E-state index contributed by atoms with van der Waals surface area (Å²) >= 11 is 0. The highest BCUT2D eigenvalue weighted by molar-refractivity contribution is 7.16. The molecule has 1 rings (SSSR count). The minimum atomic E-state index is -0.960. The molecule has 13 heteroatoms. The van der Waals surface area contributed by atoms with Crippen molar-refractivity contribution in [3.8, 4) is 0 Å². The molecule has 0 bridgehead atoms. The van der Waals surface area contributed by atoms with Gasteiger partial charge in [-0.2, -0.15) is 0 Å². The van der Waals surface area contributed by atoms with Crippen molar-refractivity contribution < 1.29 is 39.2 Å². The zero-order valence-corrected chi connectivity index (χ0v) is 15.9. The van der Waals surface area contributed by atoms with Gasteiger partial charge in [0.15, 0.2) is 0 Å². The molecule has 0 aromatic carbocycles. The maximum atomic E-state index is 11.0. The summed E-state index contributed by atoms with van der Waals surface area (Å²) in [7, 11) is -0.833. The van der Waals surface area contributed by atoms with Gasteiger partial charge in [0, 0.05) is 52.4 Å². The van der Waals surface area contributed by atoms with Gasteiger partial charge in [-0.25, -0.2) is 4.57 Å². The Balaban J connectivity index is 0.00000210. The van der Waals surface area contributed by atoms with E-state index < -0.39 is 26.6 Å². The summed E-state index contributed by atoms with van der Waals surface area (Å²) in [5, 5.41) is 30.1. The van der Waals surface area contributed by atoms with E-state index in [1.165, 1.54) is 0 Å². The van der Waals surface area contributed by atoms with E-state index in [-0.39, 0.29) is 19.6 Å². The standard InChI is InChI=1S/C14H26N4O6.HO2P/c19-12(20)9-16-3-1-15-2-4-17(10-13(21)22)6-8-18(7-5-16)11-14(23)24;1-3-2/h15H,1-11H2,(H,19,20)(H,21,22)(H,23,24);(H,1,2). The molecule has 1 heterocycles. The maximum absolute atomic E-state index is 11.0. The Labute approximate surface area is 158 Å². The zero-order chi connectivity index (χ0) is 20.7. The van der Waals surface area contributed by atoms with Gasteiger partial charge in [0.25, 0.3) is 0 Å². The van der Waals surface area contributed by atoms with Gasteiger partial charge in [-0.3, -0.25) is 29.1 Å². The summed E-state index contributed by atoms with van der Waals surface area (Å²) < 4.78 is 8.46. The van der Waals surface area contributed by atoms with Gasteiger partial charge in [-0.05, 0) is 0 Å². The Morgan fingerprint density at radius 2 is 0.963 bits per heavy atom. The second kappa shape index (κ2) is 15.4. The molecule has 156 valence electrons. The predicted octanol–water partition coefficient (Wildman–Crippen LogP) is -2.07. The van der Waals surface area contributed by atoms with Crippen LogP contribution in [0.15, 0.2) is 0 Å². The third-order valence-corrected chi connectivity index (χ3v) is 3.75. The first-order valence-corrected chi connectivity index (χ1v) is 9.04. The molecule has 0 aromatic heterocycles. The molecule has 1 aliphatic rings. The van der Waals surface area contributed by atoms with E-state index in [0.717, 1.165) is 0 Å². The Bertz CT molecular complexity index is 452. The lowest BCUT2D eigenvalue weighted by molar-refractivity contribution is -0.140. The molecule has 1 aliphatic heterocycles. The van der Waals surface area contributed by atoms with E-state index >= 15 is 0 Å². The van der Waals surface area contributed by atoms with Crippen LogP contribution in [-0.2, 0) is 18.9 Å². The number of carboxylic acids is 3. The smallest absolute Gasteiger partial charge is 0.324 e. The highest BCUT2D eigenvalue weighted by atomic mass is 31.1. The lowest BCUT2D eigenvalue weighted by atomic mass is 10.3. The molecule has 0 unspecified atom stereocenters. The van der Waals surface area contributed by atoms with Crippen molar-refractivity contribution in [1.29, 1.82) is 0 Å². The number of hydrogen-bond donors (Lipinski definition) is 5. The molecule has 0 aliphatic carbocycles. The van der Waals surface area contributed by atoms with Crippen molar-refractivity contribution in [2.24, 2.45) is 0 Å². The van der Waals surface area contributed by atoms with Gasteiger partial charge >= 0.3 is 26.6 Å². The van der Waals surface area contributed by atoms with Crippen molar-refractivity contribution in [2.45, 2.75) is 0 Å². The van der Waals surface area contributed by atoms with Crippen LogP contribution in [0.2, 0.25) is 0 Å². The molecule has 0 amide bonds. The summed E-state index contributed by atoms with van der Waals surface area (Å²) in [5.74, 6) is -2.79. The SMILES string of the molecule is O=C(O)CN1CCNCCN(CC(=O)O)CCN(CC(=O)O)CC1.O=PO. The molecular weight excluding hydrogens is 383 g/mol. The number of nitrogens with one attached hydrogen (secondary N) is 1. The fraction of sp³-hybridized carbons (Fsp3) is 0.786. The molecule has 5 N–H and O–H groups in total. The van der Waals surface area contributed by atoms with Gasteiger partial charge in [-0.15, -0.1) is 0 Å². The van der Waals surface area contributed by atoms with Crippen molar-refractivity contribution in [1.82, 2.24) is 20.0 Å². The van der Waals surface area contributed by atoms with Crippen LogP contribution in [0, 0.1) is 0 Å². The van der Waals surface area contributed by atoms with Crippen LogP contribution in [0.5, 0.6) is 0 Å². The molecule has 0 aromatic rings. The van der Waals surface area contributed by atoms with Crippen molar-refractivity contribution >= 4 is 26.6 Å². The lowest BCUT2D eigenvalue weighted by Gasteiger charge is -2.29. The number of carboxylic acid groups (broad SMARTS) is 3. The number of aliphatic carboxylic acids is 3. The van der Waals surface area contributed by atoms with Crippen LogP contribution in [0.3, 0.4) is 0 Å². The molecule has 1 fully saturated rings. The average molecular weight is 410 g/mol. The summed E-state index contributed by atoms with van der Waals surface area (Å²) in [4.78, 5) is 45.0. The minimum absolute atomic E-state index is 0.0896. The fourth-order valence-electron chi connectivity index (χ4n) is 2.55. The van der Waals surface area contributed by atoms with Gasteiger partial charge in [-0.1, -0.05) is 0 Å². The molecule has 27 heavy (non-hydrogen) atoms. The van der Waals surface area contributed by atoms with E-state index in [1.807, 2.05) is 0 Å². The third kappa shape index (κ3) is 15.1. The highest BCUT2D eigenvalue weighted by Gasteiger charge is 2.17. The number of hydrogen-bond acceptors (Lipinski definition) is 8. The zero-order valence-electron chi connectivity index (χ0n) is 15.0. The van der Waals surface area contributed by atoms with Crippen LogP contribution in [0.25, 0.3) is 0 Å². The number of rotatable bonds is 6. The third-order valence-electron chi connectivity index (χ3n) is 3.75. The van der Waals surface area contributed by atoms with Gasteiger partial charge in [0.2, 0.25) is 0 Å². The second-order valence-corrected chi connectivity index (χ2v) is 6.00. The maximum Gasteiger partial charge on any atom is 0.324 e. The summed E-state index contributed by atoms with van der Waals surface area (Å²) in [6.07, 6.45) is 0.